The number of halogens is 1. The van der Waals surface area contributed by atoms with Crippen molar-refractivity contribution in [1.29, 1.82) is 0 Å². The number of rotatable bonds is 5. The van der Waals surface area contributed by atoms with Crippen LogP contribution in [0.5, 0.6) is 0 Å². The van der Waals surface area contributed by atoms with Crippen LogP contribution in [0.25, 0.3) is 0 Å². The van der Waals surface area contributed by atoms with E-state index in [1.165, 1.54) is 11.3 Å². The van der Waals surface area contributed by atoms with E-state index in [1.54, 1.807) is 24.3 Å². The molecule has 106 valence electrons. The number of urea groups is 1. The maximum Gasteiger partial charge on any atom is 0.319 e. The van der Waals surface area contributed by atoms with Crippen LogP contribution in [0.15, 0.2) is 41.8 Å². The molecule has 2 aromatic rings. The molecule has 0 saturated heterocycles. The number of aliphatic hydroxyl groups excluding tert-OH is 1. The maximum absolute atomic E-state index is 11.6. The average molecular weight is 311 g/mol. The third-order valence-electron chi connectivity index (χ3n) is 2.66. The van der Waals surface area contributed by atoms with Gasteiger partial charge in [-0.15, -0.1) is 11.3 Å². The Balaban J connectivity index is 1.73. The zero-order valence-electron chi connectivity index (χ0n) is 10.7. The van der Waals surface area contributed by atoms with Crippen molar-refractivity contribution < 1.29 is 9.90 Å². The quantitative estimate of drug-likeness (QED) is 0.789. The summed E-state index contributed by atoms with van der Waals surface area (Å²) in [6, 6.07) is 10.4. The molecule has 0 aliphatic heterocycles. The lowest BCUT2D eigenvalue weighted by Crippen LogP contribution is -2.30. The van der Waals surface area contributed by atoms with Crippen LogP contribution in [0, 0.1) is 0 Å². The van der Waals surface area contributed by atoms with Gasteiger partial charge in [-0.1, -0.05) is 23.7 Å². The number of carbonyl (C=O) groups is 1. The Morgan fingerprint density at radius 3 is 2.90 bits per heavy atom. The van der Waals surface area contributed by atoms with Gasteiger partial charge in [-0.2, -0.15) is 0 Å². The Morgan fingerprint density at radius 1 is 1.35 bits per heavy atom. The molecule has 3 N–H and O–H groups in total. The van der Waals surface area contributed by atoms with Gasteiger partial charge in [0.15, 0.2) is 0 Å². The third kappa shape index (κ3) is 4.52. The lowest BCUT2D eigenvalue weighted by Gasteiger charge is -2.10. The van der Waals surface area contributed by atoms with E-state index in [-0.39, 0.29) is 6.03 Å². The minimum absolute atomic E-state index is 0.314. The van der Waals surface area contributed by atoms with E-state index < -0.39 is 6.10 Å². The van der Waals surface area contributed by atoms with Crippen LogP contribution in [0.2, 0.25) is 5.02 Å². The van der Waals surface area contributed by atoms with Crippen LogP contribution in [0.1, 0.15) is 17.4 Å². The van der Waals surface area contributed by atoms with Crippen LogP contribution in [0.4, 0.5) is 10.5 Å². The summed E-state index contributed by atoms with van der Waals surface area (Å²) < 4.78 is 0. The predicted molar refractivity (Wildman–Crippen MR) is 82.4 cm³/mol. The first-order chi connectivity index (χ1) is 9.65. The van der Waals surface area contributed by atoms with Crippen molar-refractivity contribution in [2.24, 2.45) is 0 Å². The summed E-state index contributed by atoms with van der Waals surface area (Å²) in [7, 11) is 0. The number of amides is 2. The number of anilines is 1. The van der Waals surface area contributed by atoms with Gasteiger partial charge in [0, 0.05) is 22.1 Å². The summed E-state index contributed by atoms with van der Waals surface area (Å²) in [5.41, 5.74) is 0.633. The second kappa shape index (κ2) is 7.28. The fourth-order valence-electron chi connectivity index (χ4n) is 1.69. The van der Waals surface area contributed by atoms with Gasteiger partial charge in [-0.25, -0.2) is 4.79 Å². The van der Waals surface area contributed by atoms with Gasteiger partial charge in [-0.05, 0) is 36.1 Å². The Morgan fingerprint density at radius 2 is 2.20 bits per heavy atom. The zero-order valence-corrected chi connectivity index (χ0v) is 12.2. The van der Waals surface area contributed by atoms with E-state index in [4.69, 9.17) is 11.6 Å². The van der Waals surface area contributed by atoms with Crippen LogP contribution in [-0.4, -0.2) is 17.7 Å². The average Bonchev–Trinajstić information content (AvgIpc) is 2.92. The van der Waals surface area contributed by atoms with Crippen molar-refractivity contribution in [2.75, 3.05) is 11.9 Å². The summed E-state index contributed by atoms with van der Waals surface area (Å²) >= 11 is 7.33. The highest BCUT2D eigenvalue weighted by Gasteiger charge is 2.09. The molecule has 0 radical (unpaired) electrons. The Hall–Kier alpha value is -1.56. The summed E-state index contributed by atoms with van der Waals surface area (Å²) in [6.45, 7) is 0.394. The maximum atomic E-state index is 11.6. The topological polar surface area (TPSA) is 61.4 Å². The van der Waals surface area contributed by atoms with Crippen molar-refractivity contribution in [3.63, 3.8) is 0 Å². The molecule has 20 heavy (non-hydrogen) atoms. The Kier molecular flexibility index (Phi) is 5.40. The molecule has 1 aromatic carbocycles. The minimum Gasteiger partial charge on any atom is -0.388 e. The number of nitrogens with one attached hydrogen (secondary N) is 2. The molecule has 0 aliphatic rings. The van der Waals surface area contributed by atoms with Crippen LogP contribution in [-0.2, 0) is 0 Å². The van der Waals surface area contributed by atoms with E-state index >= 15 is 0 Å². The van der Waals surface area contributed by atoms with E-state index in [9.17, 15) is 9.90 Å². The molecule has 0 aliphatic carbocycles. The number of benzene rings is 1. The molecule has 0 saturated carbocycles. The molecule has 6 heteroatoms. The van der Waals surface area contributed by atoms with Crippen molar-refractivity contribution in [3.8, 4) is 0 Å². The van der Waals surface area contributed by atoms with E-state index in [1.807, 2.05) is 17.5 Å². The number of hydrogen-bond donors (Lipinski definition) is 3. The highest BCUT2D eigenvalue weighted by Crippen LogP contribution is 2.21. The van der Waals surface area contributed by atoms with Crippen molar-refractivity contribution in [1.82, 2.24) is 5.32 Å². The Bertz CT molecular complexity index is 560. The molecule has 1 unspecified atom stereocenters. The molecular weight excluding hydrogens is 296 g/mol. The zero-order chi connectivity index (χ0) is 14.4. The van der Waals surface area contributed by atoms with Gasteiger partial charge in [0.1, 0.15) is 0 Å². The van der Waals surface area contributed by atoms with E-state index in [2.05, 4.69) is 10.6 Å². The molecule has 1 aromatic heterocycles. The molecular formula is C14H15ClN2O2S. The molecule has 2 rings (SSSR count). The normalized spacial score (nSPS) is 11.9. The van der Waals surface area contributed by atoms with Gasteiger partial charge in [0.2, 0.25) is 0 Å². The number of carbonyl (C=O) groups excluding carboxylic acids is 1. The van der Waals surface area contributed by atoms with Crippen molar-refractivity contribution in [2.45, 2.75) is 12.5 Å². The standard InChI is InChI=1S/C14H15ClN2O2S/c15-10-3-1-4-11(9-10)17-14(19)16-7-6-12(18)13-5-2-8-20-13/h1-5,8-9,12,18H,6-7H2,(H2,16,17,19). The van der Waals surface area contributed by atoms with Crippen molar-refractivity contribution in [3.05, 3.63) is 51.7 Å². The predicted octanol–water partition coefficient (Wildman–Crippen LogP) is 3.65. The molecule has 4 nitrogen and oxygen atoms in total. The van der Waals surface area contributed by atoms with Crippen LogP contribution in [0.3, 0.4) is 0 Å². The number of hydrogen-bond acceptors (Lipinski definition) is 3. The third-order valence-corrected chi connectivity index (χ3v) is 3.87. The number of thiophene rings is 1. The second-order valence-electron chi connectivity index (χ2n) is 4.21. The fourth-order valence-corrected chi connectivity index (χ4v) is 2.62. The van der Waals surface area contributed by atoms with Crippen LogP contribution >= 0.6 is 22.9 Å². The first-order valence-corrected chi connectivity index (χ1v) is 7.43. The largest absolute Gasteiger partial charge is 0.388 e. The van der Waals surface area contributed by atoms with E-state index in [0.29, 0.717) is 23.7 Å². The summed E-state index contributed by atoms with van der Waals surface area (Å²) in [5.74, 6) is 0. The monoisotopic (exact) mass is 310 g/mol. The Labute approximate surface area is 126 Å². The first kappa shape index (κ1) is 14.8. The van der Waals surface area contributed by atoms with Crippen molar-refractivity contribution >= 4 is 34.7 Å². The smallest absolute Gasteiger partial charge is 0.319 e. The lowest BCUT2D eigenvalue weighted by molar-refractivity contribution is 0.171. The van der Waals surface area contributed by atoms with Gasteiger partial charge in [0.25, 0.3) is 0 Å². The van der Waals surface area contributed by atoms with E-state index in [0.717, 1.165) is 4.88 Å². The fraction of sp³-hybridized carbons (Fsp3) is 0.214. The molecule has 1 heterocycles. The molecule has 0 fully saturated rings. The first-order valence-electron chi connectivity index (χ1n) is 6.17. The lowest BCUT2D eigenvalue weighted by atomic mass is 10.2. The summed E-state index contributed by atoms with van der Waals surface area (Å²) in [6.07, 6.45) is -0.0646. The van der Waals surface area contributed by atoms with Gasteiger partial charge < -0.3 is 15.7 Å². The number of aliphatic hydroxyl groups is 1. The van der Waals surface area contributed by atoms with Gasteiger partial charge in [0.05, 0.1) is 6.10 Å². The molecule has 1 atom stereocenters. The summed E-state index contributed by atoms with van der Waals surface area (Å²) in [5, 5.41) is 17.7. The highest BCUT2D eigenvalue weighted by atomic mass is 35.5. The minimum atomic E-state index is -0.540. The molecule has 2 amide bonds. The molecule has 0 spiro atoms. The SMILES string of the molecule is O=C(NCCC(O)c1cccs1)Nc1cccc(Cl)c1. The highest BCUT2D eigenvalue weighted by molar-refractivity contribution is 7.10. The summed E-state index contributed by atoms with van der Waals surface area (Å²) in [4.78, 5) is 12.6. The van der Waals surface area contributed by atoms with Crippen LogP contribution < -0.4 is 10.6 Å². The van der Waals surface area contributed by atoms with Gasteiger partial charge in [-0.3, -0.25) is 0 Å². The van der Waals surface area contributed by atoms with Gasteiger partial charge >= 0.3 is 6.03 Å². The second-order valence-corrected chi connectivity index (χ2v) is 5.63. The molecule has 0 bridgehead atoms.